The van der Waals surface area contributed by atoms with E-state index in [1.54, 1.807) is 12.0 Å². The van der Waals surface area contributed by atoms with Crippen molar-refractivity contribution in [1.29, 1.82) is 0 Å². The second-order valence-corrected chi connectivity index (χ2v) is 7.78. The Morgan fingerprint density at radius 2 is 1.68 bits per heavy atom. The van der Waals surface area contributed by atoms with Crippen LogP contribution < -0.4 is 15.0 Å². The largest absolute Gasteiger partial charge is 0.496 e. The highest BCUT2D eigenvalue weighted by atomic mass is 16.5. The van der Waals surface area contributed by atoms with Gasteiger partial charge < -0.3 is 15.0 Å². The summed E-state index contributed by atoms with van der Waals surface area (Å²) in [4.78, 5) is 26.3. The second kappa shape index (κ2) is 9.40. The molecular formula is C23H30N2O3. The van der Waals surface area contributed by atoms with Crippen LogP contribution in [0.15, 0.2) is 48.5 Å². The van der Waals surface area contributed by atoms with Crippen LogP contribution in [0.1, 0.15) is 45.2 Å². The van der Waals surface area contributed by atoms with Crippen molar-refractivity contribution in [3.8, 4) is 5.75 Å². The summed E-state index contributed by atoms with van der Waals surface area (Å²) in [5.41, 5.74) is 2.76. The Kier molecular flexibility index (Phi) is 7.21. The zero-order chi connectivity index (χ0) is 20.7. The van der Waals surface area contributed by atoms with Gasteiger partial charge in [-0.25, -0.2) is 0 Å². The lowest BCUT2D eigenvalue weighted by atomic mass is 9.85. The van der Waals surface area contributed by atoms with Crippen LogP contribution in [0.3, 0.4) is 0 Å². The third-order valence-electron chi connectivity index (χ3n) is 4.61. The van der Waals surface area contributed by atoms with Crippen molar-refractivity contribution in [3.05, 3.63) is 59.7 Å². The van der Waals surface area contributed by atoms with Crippen LogP contribution in [0.5, 0.6) is 5.75 Å². The first-order valence-corrected chi connectivity index (χ1v) is 9.50. The monoisotopic (exact) mass is 382 g/mol. The van der Waals surface area contributed by atoms with Gasteiger partial charge >= 0.3 is 0 Å². The molecule has 28 heavy (non-hydrogen) atoms. The van der Waals surface area contributed by atoms with E-state index in [1.807, 2.05) is 48.5 Å². The molecule has 2 rings (SSSR count). The van der Waals surface area contributed by atoms with Gasteiger partial charge in [0, 0.05) is 37.7 Å². The molecule has 0 aliphatic carbocycles. The minimum Gasteiger partial charge on any atom is -0.496 e. The third-order valence-corrected chi connectivity index (χ3v) is 4.61. The summed E-state index contributed by atoms with van der Waals surface area (Å²) in [6, 6.07) is 15.4. The quantitative estimate of drug-likeness (QED) is 0.786. The fraction of sp³-hybridized carbons (Fsp3) is 0.391. The fourth-order valence-corrected chi connectivity index (χ4v) is 3.14. The summed E-state index contributed by atoms with van der Waals surface area (Å²) in [5.74, 6) is 0.562. The molecule has 0 heterocycles. The molecule has 0 bridgehead atoms. The molecule has 0 fully saturated rings. The molecule has 5 heteroatoms. The lowest BCUT2D eigenvalue weighted by Crippen LogP contribution is -2.35. The summed E-state index contributed by atoms with van der Waals surface area (Å²) < 4.78 is 5.31. The Labute approximate surface area is 167 Å². The number of nitrogens with one attached hydrogen (secondary N) is 1. The van der Waals surface area contributed by atoms with Crippen molar-refractivity contribution in [2.75, 3.05) is 18.6 Å². The molecule has 1 N–H and O–H groups in total. The molecule has 0 spiro atoms. The van der Waals surface area contributed by atoms with E-state index >= 15 is 0 Å². The molecular weight excluding hydrogens is 352 g/mol. The average Bonchev–Trinajstić information content (AvgIpc) is 2.66. The van der Waals surface area contributed by atoms with E-state index in [0.717, 1.165) is 22.6 Å². The van der Waals surface area contributed by atoms with Gasteiger partial charge in [-0.15, -0.1) is 0 Å². The first-order valence-electron chi connectivity index (χ1n) is 9.50. The number of carbonyl (C=O) groups excluding carboxylic acids is 2. The molecule has 5 nitrogen and oxygen atoms in total. The van der Waals surface area contributed by atoms with E-state index in [1.165, 1.54) is 6.92 Å². The Balaban J connectivity index is 2.04. The van der Waals surface area contributed by atoms with Crippen LogP contribution in [-0.4, -0.2) is 25.5 Å². The lowest BCUT2D eigenvalue weighted by Gasteiger charge is -2.29. The maximum atomic E-state index is 12.4. The number of carbonyl (C=O) groups is 2. The van der Waals surface area contributed by atoms with E-state index in [2.05, 4.69) is 26.1 Å². The minimum absolute atomic E-state index is 0.0748. The van der Waals surface area contributed by atoms with Gasteiger partial charge in [0.05, 0.1) is 7.11 Å². The summed E-state index contributed by atoms with van der Waals surface area (Å²) in [6.07, 6.45) is 0.229. The van der Waals surface area contributed by atoms with Gasteiger partial charge in [-0.2, -0.15) is 0 Å². The SMILES string of the molecule is COc1ccccc1CNC(=O)CCN(C(C)=O)c1ccccc1C(C)(C)C. The minimum atomic E-state index is -0.106. The highest BCUT2D eigenvalue weighted by Crippen LogP contribution is 2.32. The Bertz CT molecular complexity index is 825. The molecule has 0 unspecified atom stereocenters. The summed E-state index contributed by atoms with van der Waals surface area (Å²) in [5, 5.41) is 2.91. The normalized spacial score (nSPS) is 11.0. The maximum Gasteiger partial charge on any atom is 0.223 e. The molecule has 0 aliphatic rings. The number of amides is 2. The molecule has 0 aliphatic heterocycles. The number of anilines is 1. The van der Waals surface area contributed by atoms with Gasteiger partial charge in [0.1, 0.15) is 5.75 Å². The first-order chi connectivity index (χ1) is 13.2. The zero-order valence-corrected chi connectivity index (χ0v) is 17.4. The van der Waals surface area contributed by atoms with Crippen molar-refractivity contribution < 1.29 is 14.3 Å². The number of benzene rings is 2. The lowest BCUT2D eigenvalue weighted by molar-refractivity contribution is -0.121. The predicted molar refractivity (Wildman–Crippen MR) is 113 cm³/mol. The van der Waals surface area contributed by atoms with Crippen LogP contribution >= 0.6 is 0 Å². The van der Waals surface area contributed by atoms with E-state index in [-0.39, 0.29) is 23.7 Å². The molecule has 150 valence electrons. The van der Waals surface area contributed by atoms with Gasteiger partial charge in [0.15, 0.2) is 0 Å². The van der Waals surface area contributed by atoms with E-state index in [0.29, 0.717) is 13.1 Å². The average molecular weight is 383 g/mol. The smallest absolute Gasteiger partial charge is 0.223 e. The van der Waals surface area contributed by atoms with E-state index < -0.39 is 0 Å². The fourth-order valence-electron chi connectivity index (χ4n) is 3.14. The first kappa shape index (κ1) is 21.5. The van der Waals surface area contributed by atoms with Gasteiger partial charge in [-0.1, -0.05) is 57.2 Å². The molecule has 0 radical (unpaired) electrons. The zero-order valence-electron chi connectivity index (χ0n) is 17.4. The van der Waals surface area contributed by atoms with Crippen LogP contribution in [-0.2, 0) is 21.5 Å². The number of ether oxygens (including phenoxy) is 1. The van der Waals surface area contributed by atoms with Crippen molar-refractivity contribution in [2.24, 2.45) is 0 Å². The van der Waals surface area contributed by atoms with Crippen LogP contribution in [0.25, 0.3) is 0 Å². The van der Waals surface area contributed by atoms with Crippen LogP contribution in [0, 0.1) is 0 Å². The van der Waals surface area contributed by atoms with E-state index in [4.69, 9.17) is 4.74 Å². The van der Waals surface area contributed by atoms with E-state index in [9.17, 15) is 9.59 Å². The molecule has 2 aromatic carbocycles. The van der Waals surface area contributed by atoms with Crippen LogP contribution in [0.4, 0.5) is 5.69 Å². The number of para-hydroxylation sites is 2. The van der Waals surface area contributed by atoms with Crippen molar-refractivity contribution in [2.45, 2.75) is 46.1 Å². The van der Waals surface area contributed by atoms with Crippen molar-refractivity contribution >= 4 is 17.5 Å². The molecule has 0 atom stereocenters. The standard InChI is InChI=1S/C23H30N2O3/c1-17(26)25(20-12-8-7-11-19(20)23(2,3)4)15-14-22(27)24-16-18-10-6-9-13-21(18)28-5/h6-13H,14-16H2,1-5H3,(H,24,27). The number of methoxy groups -OCH3 is 1. The maximum absolute atomic E-state index is 12.4. The van der Waals surface area contributed by atoms with Gasteiger partial charge in [0.2, 0.25) is 11.8 Å². The second-order valence-electron chi connectivity index (χ2n) is 7.78. The van der Waals surface area contributed by atoms with Gasteiger partial charge in [-0.3, -0.25) is 9.59 Å². The molecule has 0 saturated heterocycles. The van der Waals surface area contributed by atoms with Crippen molar-refractivity contribution in [1.82, 2.24) is 5.32 Å². The van der Waals surface area contributed by atoms with Crippen molar-refractivity contribution in [3.63, 3.8) is 0 Å². The third kappa shape index (κ3) is 5.59. The summed E-state index contributed by atoms with van der Waals surface area (Å²) in [6.45, 7) is 8.60. The molecule has 0 aromatic heterocycles. The number of rotatable bonds is 7. The van der Waals surface area contributed by atoms with Crippen LogP contribution in [0.2, 0.25) is 0 Å². The predicted octanol–water partition coefficient (Wildman–Crippen LogP) is 4.05. The Hall–Kier alpha value is -2.82. The summed E-state index contributed by atoms with van der Waals surface area (Å²) >= 11 is 0. The number of nitrogens with zero attached hydrogens (tertiary/aromatic N) is 1. The van der Waals surface area contributed by atoms with Gasteiger partial charge in [0.25, 0.3) is 0 Å². The molecule has 2 aromatic rings. The van der Waals surface area contributed by atoms with Gasteiger partial charge in [-0.05, 0) is 23.1 Å². The molecule has 2 amide bonds. The Morgan fingerprint density at radius 1 is 1.04 bits per heavy atom. The molecule has 0 saturated carbocycles. The highest BCUT2D eigenvalue weighted by Gasteiger charge is 2.23. The topological polar surface area (TPSA) is 58.6 Å². The number of hydrogen-bond donors (Lipinski definition) is 1. The Morgan fingerprint density at radius 3 is 2.32 bits per heavy atom. The highest BCUT2D eigenvalue weighted by molar-refractivity contribution is 5.93. The summed E-state index contributed by atoms with van der Waals surface area (Å²) in [7, 11) is 1.61. The number of hydrogen-bond acceptors (Lipinski definition) is 3.